The van der Waals surface area contributed by atoms with Gasteiger partial charge in [0.2, 0.25) is 0 Å². The molecule has 5 nitrogen and oxygen atoms in total. The molecule has 0 saturated carbocycles. The van der Waals surface area contributed by atoms with Crippen LogP contribution in [0.3, 0.4) is 0 Å². The highest BCUT2D eigenvalue weighted by Gasteiger charge is 2.13. The number of rotatable bonds is 5. The van der Waals surface area contributed by atoms with E-state index >= 15 is 0 Å². The Labute approximate surface area is 136 Å². The van der Waals surface area contributed by atoms with Crippen LogP contribution in [-0.2, 0) is 20.0 Å². The first-order valence-electron chi connectivity index (χ1n) is 7.48. The second-order valence-electron chi connectivity index (χ2n) is 5.58. The lowest BCUT2D eigenvalue weighted by Crippen LogP contribution is -2.42. The van der Waals surface area contributed by atoms with Crippen molar-refractivity contribution in [1.82, 2.24) is 20.4 Å². The monoisotopic (exact) mass is 319 g/mol. The Kier molecular flexibility index (Phi) is 5.60. The zero-order valence-electron chi connectivity index (χ0n) is 14.0. The Morgan fingerprint density at radius 2 is 2.23 bits per heavy atom. The minimum Gasteiger partial charge on any atom is -0.354 e. The minimum absolute atomic E-state index is 0.287. The van der Waals surface area contributed by atoms with Crippen LogP contribution in [0.25, 0.3) is 0 Å². The summed E-state index contributed by atoms with van der Waals surface area (Å²) in [5.74, 6) is 0.831. The van der Waals surface area contributed by atoms with Crippen molar-refractivity contribution in [1.29, 1.82) is 0 Å². The molecule has 1 unspecified atom stereocenters. The maximum atomic E-state index is 4.48. The van der Waals surface area contributed by atoms with Crippen LogP contribution in [0.15, 0.2) is 21.8 Å². The van der Waals surface area contributed by atoms with E-state index < -0.39 is 0 Å². The SMILES string of the molecule is CN=C(NCc1ccsc1)NC(C)Cc1c(C)nn(C)c1C. The number of nitrogens with one attached hydrogen (secondary N) is 2. The average Bonchev–Trinajstić information content (AvgIpc) is 3.08. The van der Waals surface area contributed by atoms with E-state index in [1.165, 1.54) is 16.8 Å². The lowest BCUT2D eigenvalue weighted by atomic mass is 10.1. The van der Waals surface area contributed by atoms with Gasteiger partial charge < -0.3 is 10.6 Å². The van der Waals surface area contributed by atoms with E-state index in [0.717, 1.165) is 24.6 Å². The van der Waals surface area contributed by atoms with Gasteiger partial charge in [0, 0.05) is 32.4 Å². The van der Waals surface area contributed by atoms with Crippen LogP contribution >= 0.6 is 11.3 Å². The molecule has 2 N–H and O–H groups in total. The van der Waals surface area contributed by atoms with E-state index in [1.54, 1.807) is 18.4 Å². The maximum absolute atomic E-state index is 4.48. The minimum atomic E-state index is 0.287. The molecule has 6 heteroatoms. The molecule has 22 heavy (non-hydrogen) atoms. The number of hydrogen-bond acceptors (Lipinski definition) is 3. The van der Waals surface area contributed by atoms with Crippen molar-refractivity contribution in [2.24, 2.45) is 12.0 Å². The van der Waals surface area contributed by atoms with Crippen molar-refractivity contribution in [3.63, 3.8) is 0 Å². The molecule has 0 aliphatic heterocycles. The zero-order chi connectivity index (χ0) is 16.1. The zero-order valence-corrected chi connectivity index (χ0v) is 14.8. The van der Waals surface area contributed by atoms with Crippen molar-refractivity contribution in [2.75, 3.05) is 7.05 Å². The standard InChI is InChI=1S/C16H25N5S/c1-11(8-15-12(2)20-21(5)13(15)3)19-16(17-4)18-9-14-6-7-22-10-14/h6-7,10-11H,8-9H2,1-5H3,(H2,17,18,19). The number of aliphatic imine (C=N–C) groups is 1. The van der Waals surface area contributed by atoms with Crippen LogP contribution in [0.2, 0.25) is 0 Å². The highest BCUT2D eigenvalue weighted by molar-refractivity contribution is 7.07. The molecular formula is C16H25N5S. The molecule has 120 valence electrons. The van der Waals surface area contributed by atoms with Crippen molar-refractivity contribution in [3.05, 3.63) is 39.3 Å². The first-order chi connectivity index (χ1) is 10.5. The summed E-state index contributed by atoms with van der Waals surface area (Å²) in [6, 6.07) is 2.41. The summed E-state index contributed by atoms with van der Waals surface area (Å²) in [4.78, 5) is 4.30. The Hall–Kier alpha value is -1.82. The Bertz CT molecular complexity index is 627. The molecule has 2 rings (SSSR count). The van der Waals surface area contributed by atoms with E-state index in [-0.39, 0.29) is 6.04 Å². The van der Waals surface area contributed by atoms with Gasteiger partial charge in [-0.25, -0.2) is 0 Å². The van der Waals surface area contributed by atoms with Gasteiger partial charge in [0.25, 0.3) is 0 Å². The summed E-state index contributed by atoms with van der Waals surface area (Å²) in [7, 11) is 3.79. The van der Waals surface area contributed by atoms with E-state index in [9.17, 15) is 0 Å². The lowest BCUT2D eigenvalue weighted by Gasteiger charge is -2.18. The molecule has 0 aliphatic rings. The van der Waals surface area contributed by atoms with Gasteiger partial charge in [-0.15, -0.1) is 0 Å². The van der Waals surface area contributed by atoms with Gasteiger partial charge in [-0.05, 0) is 55.1 Å². The molecule has 2 aromatic heterocycles. The van der Waals surface area contributed by atoms with Gasteiger partial charge in [-0.2, -0.15) is 16.4 Å². The Balaban J connectivity index is 1.90. The van der Waals surface area contributed by atoms with Crippen LogP contribution in [0.4, 0.5) is 0 Å². The van der Waals surface area contributed by atoms with Crippen LogP contribution in [0.1, 0.15) is 29.4 Å². The number of aryl methyl sites for hydroxylation is 2. The van der Waals surface area contributed by atoms with Gasteiger partial charge in [0.05, 0.1) is 5.69 Å². The topological polar surface area (TPSA) is 54.2 Å². The third-order valence-electron chi connectivity index (χ3n) is 3.82. The van der Waals surface area contributed by atoms with E-state index in [0.29, 0.717) is 0 Å². The summed E-state index contributed by atoms with van der Waals surface area (Å²) >= 11 is 1.71. The second-order valence-corrected chi connectivity index (χ2v) is 6.36. The van der Waals surface area contributed by atoms with Crippen molar-refractivity contribution in [3.8, 4) is 0 Å². The molecule has 2 aromatic rings. The molecule has 0 saturated heterocycles. The van der Waals surface area contributed by atoms with Gasteiger partial charge in [-0.1, -0.05) is 0 Å². The van der Waals surface area contributed by atoms with Gasteiger partial charge in [0.1, 0.15) is 0 Å². The first kappa shape index (κ1) is 16.5. The van der Waals surface area contributed by atoms with E-state index in [2.05, 4.69) is 58.3 Å². The first-order valence-corrected chi connectivity index (χ1v) is 8.43. The molecule has 0 fully saturated rings. The van der Waals surface area contributed by atoms with E-state index in [1.807, 2.05) is 11.7 Å². The molecule has 0 amide bonds. The van der Waals surface area contributed by atoms with Crippen LogP contribution in [-0.4, -0.2) is 28.8 Å². The second kappa shape index (κ2) is 7.45. The maximum Gasteiger partial charge on any atom is 0.191 e. The fourth-order valence-corrected chi connectivity index (χ4v) is 3.15. The third kappa shape index (κ3) is 4.10. The highest BCUT2D eigenvalue weighted by Crippen LogP contribution is 2.14. The molecule has 2 heterocycles. The van der Waals surface area contributed by atoms with Crippen LogP contribution in [0.5, 0.6) is 0 Å². The van der Waals surface area contributed by atoms with Crippen LogP contribution in [0, 0.1) is 13.8 Å². The van der Waals surface area contributed by atoms with Gasteiger partial charge in [-0.3, -0.25) is 9.67 Å². The molecular weight excluding hydrogens is 294 g/mol. The van der Waals surface area contributed by atoms with Crippen molar-refractivity contribution in [2.45, 2.75) is 39.8 Å². The highest BCUT2D eigenvalue weighted by atomic mass is 32.1. The lowest BCUT2D eigenvalue weighted by molar-refractivity contribution is 0.635. The summed E-state index contributed by atoms with van der Waals surface area (Å²) in [5, 5.41) is 15.5. The molecule has 0 aromatic carbocycles. The normalized spacial score (nSPS) is 13.2. The number of thiophene rings is 1. The molecule has 0 aliphatic carbocycles. The number of nitrogens with zero attached hydrogens (tertiary/aromatic N) is 3. The summed E-state index contributed by atoms with van der Waals surface area (Å²) in [5.41, 5.74) is 4.93. The van der Waals surface area contributed by atoms with Crippen molar-refractivity contribution < 1.29 is 0 Å². The number of aromatic nitrogens is 2. The van der Waals surface area contributed by atoms with Gasteiger partial charge in [0.15, 0.2) is 5.96 Å². The fraction of sp³-hybridized carbons (Fsp3) is 0.500. The quantitative estimate of drug-likeness (QED) is 0.657. The number of hydrogen-bond donors (Lipinski definition) is 2. The third-order valence-corrected chi connectivity index (χ3v) is 4.55. The summed E-state index contributed by atoms with van der Waals surface area (Å²) in [6.07, 6.45) is 0.935. The smallest absolute Gasteiger partial charge is 0.191 e. The predicted molar refractivity (Wildman–Crippen MR) is 93.5 cm³/mol. The van der Waals surface area contributed by atoms with Crippen LogP contribution < -0.4 is 10.6 Å². The predicted octanol–water partition coefficient (Wildman–Crippen LogP) is 2.39. The average molecular weight is 319 g/mol. The largest absolute Gasteiger partial charge is 0.354 e. The van der Waals surface area contributed by atoms with E-state index in [4.69, 9.17) is 0 Å². The molecule has 0 radical (unpaired) electrons. The van der Waals surface area contributed by atoms with Crippen molar-refractivity contribution >= 4 is 17.3 Å². The molecule has 1 atom stereocenters. The summed E-state index contributed by atoms with van der Waals surface area (Å²) < 4.78 is 1.95. The number of guanidine groups is 1. The molecule has 0 spiro atoms. The van der Waals surface area contributed by atoms with Gasteiger partial charge >= 0.3 is 0 Å². The molecule has 0 bridgehead atoms. The Morgan fingerprint density at radius 1 is 1.45 bits per heavy atom. The fourth-order valence-electron chi connectivity index (χ4n) is 2.48. The summed E-state index contributed by atoms with van der Waals surface area (Å²) in [6.45, 7) is 7.15. The Morgan fingerprint density at radius 3 is 2.77 bits per heavy atom.